The maximum atomic E-state index is 13.8. The van der Waals surface area contributed by atoms with Crippen LogP contribution in [0.25, 0.3) is 0 Å². The number of carbonyl (C=O) groups is 2. The molecule has 0 aliphatic carbocycles. The van der Waals surface area contributed by atoms with Gasteiger partial charge in [-0.1, -0.05) is 41.9 Å². The van der Waals surface area contributed by atoms with Crippen molar-refractivity contribution in [1.29, 1.82) is 0 Å². The van der Waals surface area contributed by atoms with Gasteiger partial charge in [0.15, 0.2) is 0 Å². The highest BCUT2D eigenvalue weighted by Crippen LogP contribution is 2.25. The van der Waals surface area contributed by atoms with Crippen LogP contribution in [0.1, 0.15) is 26.3 Å². The fraction of sp³-hybridized carbons (Fsp3) is 0.286. The molecular weight excluding hydrogens is 526 g/mol. The third-order valence-corrected chi connectivity index (χ3v) is 7.85. The van der Waals surface area contributed by atoms with Gasteiger partial charge in [-0.3, -0.25) is 13.9 Å². The van der Waals surface area contributed by atoms with Crippen LogP contribution in [0, 0.1) is 0 Å². The van der Waals surface area contributed by atoms with Crippen LogP contribution in [0.15, 0.2) is 83.8 Å². The van der Waals surface area contributed by atoms with Crippen molar-refractivity contribution in [2.75, 3.05) is 18.0 Å². The van der Waals surface area contributed by atoms with Gasteiger partial charge in [-0.05, 0) is 74.9 Å². The Morgan fingerprint density at radius 3 is 2.21 bits per heavy atom. The lowest BCUT2D eigenvalue weighted by Crippen LogP contribution is -2.52. The summed E-state index contributed by atoms with van der Waals surface area (Å²) in [4.78, 5) is 28.1. The molecule has 0 radical (unpaired) electrons. The van der Waals surface area contributed by atoms with Gasteiger partial charge in [-0.25, -0.2) is 8.42 Å². The zero-order valence-electron chi connectivity index (χ0n) is 21.8. The summed E-state index contributed by atoms with van der Waals surface area (Å²) in [7, 11) is -2.60. The lowest BCUT2D eigenvalue weighted by atomic mass is 10.1. The van der Waals surface area contributed by atoms with Crippen molar-refractivity contribution in [3.63, 3.8) is 0 Å². The topological polar surface area (TPSA) is 96.0 Å². The summed E-state index contributed by atoms with van der Waals surface area (Å²) in [6, 6.07) is 20.3. The van der Waals surface area contributed by atoms with Crippen LogP contribution in [0.2, 0.25) is 5.02 Å². The first-order valence-corrected chi connectivity index (χ1v) is 13.9. The summed E-state index contributed by atoms with van der Waals surface area (Å²) in [6.45, 7) is 4.84. The van der Waals surface area contributed by atoms with E-state index in [1.54, 1.807) is 62.6 Å². The minimum absolute atomic E-state index is 0.0106. The standard InChI is InChI=1S/C28H32ClN3O5S/c1-20(2)30-28(34)21(3)31(18-22-9-8-12-25(17-22)37-4)27(33)19-32(24-10-6-5-7-11-24)38(35,36)26-15-13-23(29)14-16-26/h5-17,20-21H,18-19H2,1-4H3,(H,30,34)/t21-/m0/s1. The number of para-hydroxylation sites is 1. The maximum absolute atomic E-state index is 13.8. The zero-order chi connectivity index (χ0) is 27.9. The van der Waals surface area contributed by atoms with Crippen molar-refractivity contribution < 1.29 is 22.7 Å². The second-order valence-electron chi connectivity index (χ2n) is 9.01. The molecule has 3 aromatic rings. The lowest BCUT2D eigenvalue weighted by molar-refractivity contribution is -0.139. The number of hydrogen-bond donors (Lipinski definition) is 1. The van der Waals surface area contributed by atoms with Gasteiger partial charge < -0.3 is 15.0 Å². The second-order valence-corrected chi connectivity index (χ2v) is 11.3. The quantitative estimate of drug-likeness (QED) is 0.375. The molecule has 3 aromatic carbocycles. The number of benzene rings is 3. The Morgan fingerprint density at radius 2 is 1.61 bits per heavy atom. The van der Waals surface area contributed by atoms with E-state index < -0.39 is 28.5 Å². The Labute approximate surface area is 229 Å². The monoisotopic (exact) mass is 557 g/mol. The first-order valence-electron chi connectivity index (χ1n) is 12.1. The summed E-state index contributed by atoms with van der Waals surface area (Å²) in [5, 5.41) is 3.22. The summed E-state index contributed by atoms with van der Waals surface area (Å²) in [5.74, 6) is -0.283. The van der Waals surface area contributed by atoms with Crippen molar-refractivity contribution in [2.45, 2.75) is 44.3 Å². The van der Waals surface area contributed by atoms with Crippen LogP contribution >= 0.6 is 11.6 Å². The smallest absolute Gasteiger partial charge is 0.264 e. The van der Waals surface area contributed by atoms with E-state index in [-0.39, 0.29) is 23.4 Å². The molecule has 0 saturated carbocycles. The second kappa shape index (κ2) is 12.8. The summed E-state index contributed by atoms with van der Waals surface area (Å²) < 4.78 is 33.8. The van der Waals surface area contributed by atoms with Gasteiger partial charge in [0.25, 0.3) is 10.0 Å². The number of halogens is 1. The molecule has 0 saturated heterocycles. The van der Waals surface area contributed by atoms with Crippen molar-refractivity contribution >= 4 is 39.1 Å². The number of nitrogens with one attached hydrogen (secondary N) is 1. The van der Waals surface area contributed by atoms with Crippen LogP contribution in [0.4, 0.5) is 5.69 Å². The molecule has 1 N–H and O–H groups in total. The lowest BCUT2D eigenvalue weighted by Gasteiger charge is -2.32. The summed E-state index contributed by atoms with van der Waals surface area (Å²) in [5.41, 5.74) is 1.05. The highest BCUT2D eigenvalue weighted by Gasteiger charge is 2.32. The molecule has 0 bridgehead atoms. The Balaban J connectivity index is 2.01. The summed E-state index contributed by atoms with van der Waals surface area (Å²) >= 11 is 5.97. The van der Waals surface area contributed by atoms with E-state index in [0.717, 1.165) is 9.87 Å². The highest BCUT2D eigenvalue weighted by atomic mass is 35.5. The average Bonchev–Trinajstić information content (AvgIpc) is 2.90. The Bertz CT molecular complexity index is 1350. The largest absolute Gasteiger partial charge is 0.497 e. The molecule has 0 unspecified atom stereocenters. The van der Waals surface area contributed by atoms with Crippen molar-refractivity contribution in [1.82, 2.24) is 10.2 Å². The van der Waals surface area contributed by atoms with Gasteiger partial charge in [0.05, 0.1) is 17.7 Å². The number of carbonyl (C=O) groups excluding carboxylic acids is 2. The molecule has 10 heteroatoms. The Morgan fingerprint density at radius 1 is 0.947 bits per heavy atom. The number of ether oxygens (including phenoxy) is 1. The Hall–Kier alpha value is -3.56. The minimum Gasteiger partial charge on any atom is -0.497 e. The van der Waals surface area contributed by atoms with E-state index in [2.05, 4.69) is 5.32 Å². The predicted molar refractivity (Wildman–Crippen MR) is 149 cm³/mol. The van der Waals surface area contributed by atoms with E-state index >= 15 is 0 Å². The van der Waals surface area contributed by atoms with Gasteiger partial charge >= 0.3 is 0 Å². The third-order valence-electron chi connectivity index (χ3n) is 5.81. The maximum Gasteiger partial charge on any atom is 0.264 e. The van der Waals surface area contributed by atoms with Gasteiger partial charge in [0.2, 0.25) is 11.8 Å². The van der Waals surface area contributed by atoms with E-state index in [1.807, 2.05) is 19.9 Å². The molecule has 2 amide bonds. The SMILES string of the molecule is COc1cccc(CN(C(=O)CN(c2ccccc2)S(=O)(=O)c2ccc(Cl)cc2)[C@@H](C)C(=O)NC(C)C)c1. The molecule has 202 valence electrons. The molecule has 0 aromatic heterocycles. The fourth-order valence-electron chi connectivity index (χ4n) is 3.81. The molecular formula is C28H32ClN3O5S. The van der Waals surface area contributed by atoms with E-state index in [9.17, 15) is 18.0 Å². The molecule has 38 heavy (non-hydrogen) atoms. The molecule has 0 aliphatic rings. The molecule has 1 atom stereocenters. The molecule has 0 heterocycles. The van der Waals surface area contributed by atoms with Crippen molar-refractivity contribution in [3.8, 4) is 5.75 Å². The van der Waals surface area contributed by atoms with Crippen molar-refractivity contribution in [2.24, 2.45) is 0 Å². The van der Waals surface area contributed by atoms with Crippen LogP contribution in [-0.2, 0) is 26.2 Å². The average molecular weight is 558 g/mol. The van der Waals surface area contributed by atoms with Crippen molar-refractivity contribution in [3.05, 3.63) is 89.4 Å². The number of methoxy groups -OCH3 is 1. The first-order chi connectivity index (χ1) is 18.0. The number of hydrogen-bond acceptors (Lipinski definition) is 5. The van der Waals surface area contributed by atoms with E-state index in [1.165, 1.54) is 29.2 Å². The molecule has 0 aliphatic heterocycles. The molecule has 0 fully saturated rings. The van der Waals surface area contributed by atoms with E-state index in [0.29, 0.717) is 16.5 Å². The predicted octanol–water partition coefficient (Wildman–Crippen LogP) is 4.49. The molecule has 3 rings (SSSR count). The number of amides is 2. The minimum atomic E-state index is -4.14. The Kier molecular flexibility index (Phi) is 9.77. The number of anilines is 1. The first kappa shape index (κ1) is 29.0. The van der Waals surface area contributed by atoms with Gasteiger partial charge in [0.1, 0.15) is 18.3 Å². The number of rotatable bonds is 11. The van der Waals surface area contributed by atoms with Gasteiger partial charge in [-0.15, -0.1) is 0 Å². The van der Waals surface area contributed by atoms with Crippen LogP contribution < -0.4 is 14.4 Å². The van der Waals surface area contributed by atoms with Gasteiger partial charge in [-0.2, -0.15) is 0 Å². The van der Waals surface area contributed by atoms with Gasteiger partial charge in [0, 0.05) is 17.6 Å². The number of sulfonamides is 1. The summed E-state index contributed by atoms with van der Waals surface area (Å²) in [6.07, 6.45) is 0. The number of nitrogens with zero attached hydrogens (tertiary/aromatic N) is 2. The van der Waals surface area contributed by atoms with E-state index in [4.69, 9.17) is 16.3 Å². The van der Waals surface area contributed by atoms with Crippen LogP contribution in [0.5, 0.6) is 5.75 Å². The highest BCUT2D eigenvalue weighted by molar-refractivity contribution is 7.92. The molecule has 0 spiro atoms. The molecule has 8 nitrogen and oxygen atoms in total. The third kappa shape index (κ3) is 7.26. The van der Waals surface area contributed by atoms with Crippen LogP contribution in [-0.4, -0.2) is 50.9 Å². The zero-order valence-corrected chi connectivity index (χ0v) is 23.4. The fourth-order valence-corrected chi connectivity index (χ4v) is 5.35. The normalized spacial score (nSPS) is 12.1. The van der Waals surface area contributed by atoms with Crippen LogP contribution in [0.3, 0.4) is 0 Å².